The highest BCUT2D eigenvalue weighted by Gasteiger charge is 2.19. The summed E-state index contributed by atoms with van der Waals surface area (Å²) in [5, 5.41) is 5.82. The van der Waals surface area contributed by atoms with E-state index < -0.39 is 0 Å². The number of fused-ring (bicyclic) bond motifs is 3. The molecular formula is C24H22N2O4. The van der Waals surface area contributed by atoms with Crippen LogP contribution in [0, 0.1) is 6.92 Å². The number of nitrogens with one attached hydrogen (secondary N) is 1. The van der Waals surface area contributed by atoms with Gasteiger partial charge in [-0.25, -0.2) is 0 Å². The molecule has 1 aromatic heterocycles. The number of hydrogen-bond acceptors (Lipinski definition) is 4. The Morgan fingerprint density at radius 2 is 1.70 bits per heavy atom. The number of nitrogens with zero attached hydrogens (tertiary/aromatic N) is 1. The zero-order valence-corrected chi connectivity index (χ0v) is 17.1. The Labute approximate surface area is 174 Å². The quantitative estimate of drug-likeness (QED) is 0.529. The number of benzene rings is 3. The van der Waals surface area contributed by atoms with Crippen molar-refractivity contribution in [2.75, 3.05) is 26.0 Å². The van der Waals surface area contributed by atoms with Crippen LogP contribution in [0.4, 0.5) is 5.69 Å². The second-order valence-electron chi connectivity index (χ2n) is 7.27. The Bertz CT molecular complexity index is 1240. The predicted octanol–water partition coefficient (Wildman–Crippen LogP) is 4.61. The Hall–Kier alpha value is -3.80. The van der Waals surface area contributed by atoms with Gasteiger partial charge in [0.15, 0.2) is 12.4 Å². The SMILES string of the molecule is Cc1c(C(=O)Nc2ccc(OCC(=O)N(C)C)cc2)oc2c1ccc1ccccc12. The summed E-state index contributed by atoms with van der Waals surface area (Å²) in [6.07, 6.45) is 0. The molecule has 6 heteroatoms. The van der Waals surface area contributed by atoms with Crippen LogP contribution in [0.3, 0.4) is 0 Å². The molecule has 4 rings (SSSR count). The average Bonchev–Trinajstić information content (AvgIpc) is 3.10. The van der Waals surface area contributed by atoms with E-state index in [1.807, 2.05) is 43.3 Å². The van der Waals surface area contributed by atoms with Crippen LogP contribution in [0.5, 0.6) is 5.75 Å². The number of furan rings is 1. The molecule has 30 heavy (non-hydrogen) atoms. The minimum atomic E-state index is -0.316. The minimum absolute atomic E-state index is 0.0369. The smallest absolute Gasteiger partial charge is 0.291 e. The molecule has 0 atom stereocenters. The summed E-state index contributed by atoms with van der Waals surface area (Å²) in [5.41, 5.74) is 2.12. The highest BCUT2D eigenvalue weighted by Crippen LogP contribution is 2.32. The monoisotopic (exact) mass is 402 g/mol. The van der Waals surface area contributed by atoms with Gasteiger partial charge in [-0.1, -0.05) is 36.4 Å². The molecule has 0 saturated heterocycles. The van der Waals surface area contributed by atoms with Gasteiger partial charge in [0, 0.05) is 36.1 Å². The largest absolute Gasteiger partial charge is 0.484 e. The maximum Gasteiger partial charge on any atom is 0.291 e. The lowest BCUT2D eigenvalue weighted by Gasteiger charge is -2.11. The third-order valence-corrected chi connectivity index (χ3v) is 5.01. The molecule has 2 amide bonds. The highest BCUT2D eigenvalue weighted by molar-refractivity contribution is 6.11. The van der Waals surface area contributed by atoms with Gasteiger partial charge in [0.05, 0.1) is 0 Å². The first-order valence-electron chi connectivity index (χ1n) is 9.59. The van der Waals surface area contributed by atoms with Crippen molar-refractivity contribution in [1.29, 1.82) is 0 Å². The first-order chi connectivity index (χ1) is 14.4. The fourth-order valence-electron chi connectivity index (χ4n) is 3.26. The number of aryl methyl sites for hydroxylation is 1. The van der Waals surface area contributed by atoms with Crippen molar-refractivity contribution >= 4 is 39.2 Å². The molecule has 0 fully saturated rings. The molecule has 4 aromatic rings. The summed E-state index contributed by atoms with van der Waals surface area (Å²) in [6, 6.07) is 18.8. The van der Waals surface area contributed by atoms with E-state index >= 15 is 0 Å². The second-order valence-corrected chi connectivity index (χ2v) is 7.27. The molecule has 0 saturated carbocycles. The van der Waals surface area contributed by atoms with E-state index in [0.717, 1.165) is 21.7 Å². The number of ether oxygens (including phenoxy) is 1. The van der Waals surface area contributed by atoms with Crippen molar-refractivity contribution in [1.82, 2.24) is 4.90 Å². The van der Waals surface area contributed by atoms with Crippen LogP contribution < -0.4 is 10.1 Å². The van der Waals surface area contributed by atoms with Crippen LogP contribution in [-0.4, -0.2) is 37.4 Å². The van der Waals surface area contributed by atoms with Crippen LogP contribution in [0.15, 0.2) is 65.1 Å². The number of carbonyl (C=O) groups is 2. The fourth-order valence-corrected chi connectivity index (χ4v) is 3.26. The maximum atomic E-state index is 12.8. The summed E-state index contributed by atoms with van der Waals surface area (Å²) in [5.74, 6) is 0.400. The van der Waals surface area contributed by atoms with Crippen LogP contribution in [0.2, 0.25) is 0 Å². The zero-order valence-electron chi connectivity index (χ0n) is 17.1. The molecule has 1 N–H and O–H groups in total. The third-order valence-electron chi connectivity index (χ3n) is 5.01. The van der Waals surface area contributed by atoms with Gasteiger partial charge < -0.3 is 19.4 Å². The molecule has 0 radical (unpaired) electrons. The van der Waals surface area contributed by atoms with E-state index in [-0.39, 0.29) is 18.4 Å². The molecule has 1 heterocycles. The standard InChI is InChI=1S/C24H22N2O4/c1-15-19-13-8-16-6-4-5-7-20(16)23(19)30-22(15)24(28)25-17-9-11-18(12-10-17)29-14-21(27)26(2)3/h4-13H,14H2,1-3H3,(H,25,28). The van der Waals surface area contributed by atoms with Gasteiger partial charge in [-0.2, -0.15) is 0 Å². The lowest BCUT2D eigenvalue weighted by molar-refractivity contribution is -0.130. The Morgan fingerprint density at radius 1 is 0.967 bits per heavy atom. The summed E-state index contributed by atoms with van der Waals surface area (Å²) < 4.78 is 11.4. The third kappa shape index (κ3) is 3.72. The van der Waals surface area contributed by atoms with E-state index in [4.69, 9.17) is 9.15 Å². The Balaban J connectivity index is 1.52. The molecule has 6 nitrogen and oxygen atoms in total. The van der Waals surface area contributed by atoms with Crippen molar-refractivity contribution in [2.45, 2.75) is 6.92 Å². The van der Waals surface area contributed by atoms with Crippen LogP contribution >= 0.6 is 0 Å². The maximum absolute atomic E-state index is 12.8. The molecule has 0 aliphatic carbocycles. The van der Waals surface area contributed by atoms with Crippen LogP contribution in [-0.2, 0) is 4.79 Å². The fraction of sp³-hybridized carbons (Fsp3) is 0.167. The van der Waals surface area contributed by atoms with Gasteiger partial charge in [0.1, 0.15) is 11.3 Å². The molecule has 0 aliphatic heterocycles. The molecular weight excluding hydrogens is 380 g/mol. The number of hydrogen-bond donors (Lipinski definition) is 1. The molecule has 3 aromatic carbocycles. The normalized spacial score (nSPS) is 10.9. The van der Waals surface area contributed by atoms with Gasteiger partial charge in [-0.05, 0) is 36.6 Å². The van der Waals surface area contributed by atoms with E-state index in [2.05, 4.69) is 5.32 Å². The van der Waals surface area contributed by atoms with E-state index in [1.165, 1.54) is 4.90 Å². The first kappa shape index (κ1) is 19.5. The van der Waals surface area contributed by atoms with Gasteiger partial charge in [-0.15, -0.1) is 0 Å². The van der Waals surface area contributed by atoms with Gasteiger partial charge in [0.25, 0.3) is 11.8 Å². The van der Waals surface area contributed by atoms with Crippen LogP contribution in [0.1, 0.15) is 16.1 Å². The molecule has 0 bridgehead atoms. The molecule has 0 aliphatic rings. The average molecular weight is 402 g/mol. The number of carbonyl (C=O) groups excluding carboxylic acids is 2. The van der Waals surface area contributed by atoms with Crippen molar-refractivity contribution < 1.29 is 18.7 Å². The van der Waals surface area contributed by atoms with Crippen molar-refractivity contribution in [2.24, 2.45) is 0 Å². The lowest BCUT2D eigenvalue weighted by Crippen LogP contribution is -2.27. The van der Waals surface area contributed by atoms with Crippen molar-refractivity contribution in [3.8, 4) is 5.75 Å². The number of rotatable bonds is 5. The second kappa shape index (κ2) is 7.91. The van der Waals surface area contributed by atoms with Crippen molar-refractivity contribution in [3.05, 3.63) is 72.0 Å². The predicted molar refractivity (Wildman–Crippen MR) is 117 cm³/mol. The van der Waals surface area contributed by atoms with Crippen molar-refractivity contribution in [3.63, 3.8) is 0 Å². The lowest BCUT2D eigenvalue weighted by atomic mass is 10.1. The first-order valence-corrected chi connectivity index (χ1v) is 9.59. The minimum Gasteiger partial charge on any atom is -0.484 e. The van der Waals surface area contributed by atoms with E-state index in [9.17, 15) is 9.59 Å². The summed E-state index contributed by atoms with van der Waals surface area (Å²) >= 11 is 0. The van der Waals surface area contributed by atoms with Gasteiger partial charge in [-0.3, -0.25) is 9.59 Å². The Morgan fingerprint density at radius 3 is 2.43 bits per heavy atom. The number of likely N-dealkylation sites (N-methyl/N-ethyl adjacent to an activating group) is 1. The summed E-state index contributed by atoms with van der Waals surface area (Å²) in [7, 11) is 3.35. The van der Waals surface area contributed by atoms with Gasteiger partial charge in [0.2, 0.25) is 0 Å². The topological polar surface area (TPSA) is 71.8 Å². The van der Waals surface area contributed by atoms with Crippen LogP contribution in [0.25, 0.3) is 21.7 Å². The molecule has 152 valence electrons. The Kier molecular flexibility index (Phi) is 5.14. The summed E-state index contributed by atoms with van der Waals surface area (Å²) in [6.45, 7) is 1.85. The molecule has 0 unspecified atom stereocenters. The van der Waals surface area contributed by atoms with Gasteiger partial charge >= 0.3 is 0 Å². The zero-order chi connectivity index (χ0) is 21.3. The van der Waals surface area contributed by atoms with E-state index in [1.54, 1.807) is 38.4 Å². The number of anilines is 1. The molecule has 0 spiro atoms. The summed E-state index contributed by atoms with van der Waals surface area (Å²) in [4.78, 5) is 25.9. The number of amides is 2. The highest BCUT2D eigenvalue weighted by atomic mass is 16.5. The van der Waals surface area contributed by atoms with E-state index in [0.29, 0.717) is 22.8 Å².